The molecule has 180 valence electrons. The van der Waals surface area contributed by atoms with Crippen LogP contribution in [0.25, 0.3) is 33.8 Å². The maximum Gasteiger partial charge on any atom is 0.320 e. The van der Waals surface area contributed by atoms with Gasteiger partial charge in [0.15, 0.2) is 23.0 Å². The number of aliphatic hydroxyl groups excluding tert-OH is 1. The normalized spacial score (nSPS) is 17.5. The first-order valence-corrected chi connectivity index (χ1v) is 11.6. The molecule has 1 fully saturated rings. The minimum absolute atomic E-state index is 0.0893. The van der Waals surface area contributed by atoms with E-state index in [1.54, 1.807) is 15.9 Å². The summed E-state index contributed by atoms with van der Waals surface area (Å²) in [5, 5.41) is 27.5. The van der Waals surface area contributed by atoms with Crippen molar-refractivity contribution < 1.29 is 19.4 Å². The van der Waals surface area contributed by atoms with Crippen LogP contribution in [-0.2, 0) is 19.5 Å². The molecule has 10 nitrogen and oxygen atoms in total. The number of aryl methyl sites for hydroxylation is 1. The molecule has 1 atom stereocenters. The molecule has 0 bridgehead atoms. The highest BCUT2D eigenvalue weighted by Gasteiger charge is 2.33. The lowest BCUT2D eigenvalue weighted by atomic mass is 10.0. The first kappa shape index (κ1) is 21.5. The van der Waals surface area contributed by atoms with Gasteiger partial charge in [0, 0.05) is 18.7 Å². The Kier molecular flexibility index (Phi) is 4.95. The fraction of sp³-hybridized carbons (Fsp3) is 0.333. The third-order valence-electron chi connectivity index (χ3n) is 6.74. The number of β-amino-alcohol motifs (C(OH)–C–C–N with tert-alkyl or cyclic N) is 1. The number of phenolic OH excluding ortho intramolecular Hbond substituents is 1. The number of carbonyl (C=O) groups excluding carboxylic acids is 1. The summed E-state index contributed by atoms with van der Waals surface area (Å²) in [6.07, 6.45) is 0.775. The lowest BCUT2D eigenvalue weighted by molar-refractivity contribution is 0.145. The molecular formula is C24H24FN7O3. The third-order valence-corrected chi connectivity index (χ3v) is 6.74. The number of aliphatic hydroxyl groups is 1. The van der Waals surface area contributed by atoms with Gasteiger partial charge in [0.1, 0.15) is 5.69 Å². The van der Waals surface area contributed by atoms with Crippen molar-refractivity contribution in [3.8, 4) is 28.5 Å². The summed E-state index contributed by atoms with van der Waals surface area (Å²) in [5.74, 6) is -0.480. The second-order valence-electron chi connectivity index (χ2n) is 9.02. The van der Waals surface area contributed by atoms with Crippen molar-refractivity contribution in [2.75, 3.05) is 13.1 Å². The summed E-state index contributed by atoms with van der Waals surface area (Å²) < 4.78 is 14.0. The molecule has 5 heterocycles. The number of imidazole rings is 1. The summed E-state index contributed by atoms with van der Waals surface area (Å²) in [4.78, 5) is 28.7. The van der Waals surface area contributed by atoms with E-state index in [-0.39, 0.29) is 11.8 Å². The Labute approximate surface area is 199 Å². The molecule has 2 aliphatic heterocycles. The average Bonchev–Trinajstić information content (AvgIpc) is 3.62. The largest absolute Gasteiger partial charge is 0.505 e. The summed E-state index contributed by atoms with van der Waals surface area (Å²) in [6.45, 7) is 3.68. The number of fused-ring (bicyclic) bond motifs is 2. The van der Waals surface area contributed by atoms with Crippen molar-refractivity contribution in [2.45, 2.75) is 39.0 Å². The van der Waals surface area contributed by atoms with Crippen LogP contribution in [0, 0.1) is 5.82 Å². The number of aromatic nitrogens is 5. The summed E-state index contributed by atoms with van der Waals surface area (Å²) in [5.41, 5.74) is 4.79. The molecule has 3 aromatic heterocycles. The Morgan fingerprint density at radius 3 is 2.83 bits per heavy atom. The Morgan fingerprint density at radius 1 is 1.23 bits per heavy atom. The first-order chi connectivity index (χ1) is 16.9. The number of pyridine rings is 1. The van der Waals surface area contributed by atoms with Crippen molar-refractivity contribution in [1.82, 2.24) is 34.9 Å². The van der Waals surface area contributed by atoms with Crippen LogP contribution in [0.5, 0.6) is 5.75 Å². The number of hydrogen-bond acceptors (Lipinski definition) is 6. The van der Waals surface area contributed by atoms with E-state index in [9.17, 15) is 19.4 Å². The molecule has 4 N–H and O–H groups in total. The van der Waals surface area contributed by atoms with Gasteiger partial charge in [0.25, 0.3) is 0 Å². The smallest absolute Gasteiger partial charge is 0.320 e. The lowest BCUT2D eigenvalue weighted by Gasteiger charge is -2.23. The average molecular weight is 478 g/mol. The highest BCUT2D eigenvalue weighted by molar-refractivity contribution is 5.90. The molecule has 1 aromatic carbocycles. The van der Waals surface area contributed by atoms with Crippen LogP contribution in [0.2, 0.25) is 0 Å². The van der Waals surface area contributed by atoms with E-state index in [1.807, 2.05) is 13.0 Å². The molecule has 2 aliphatic rings. The van der Waals surface area contributed by atoms with Gasteiger partial charge in [-0.1, -0.05) is 6.92 Å². The molecule has 4 aromatic rings. The second-order valence-corrected chi connectivity index (χ2v) is 9.02. The number of carbonyl (C=O) groups is 1. The SMILES string of the molecule is CCc1cc(O)c(F)cc1-c1ccc2c(-c3nc4c([nH]3)CN(C(=O)N3CCC(O)C3)C4)n[nH]c2n1. The number of phenols is 1. The Balaban J connectivity index is 1.26. The van der Waals surface area contributed by atoms with Crippen molar-refractivity contribution >= 4 is 17.1 Å². The van der Waals surface area contributed by atoms with E-state index in [0.29, 0.717) is 67.4 Å². The van der Waals surface area contributed by atoms with Gasteiger partial charge < -0.3 is 25.0 Å². The van der Waals surface area contributed by atoms with Gasteiger partial charge in [-0.25, -0.2) is 19.2 Å². The predicted octanol–water partition coefficient (Wildman–Crippen LogP) is 2.92. The number of H-pyrrole nitrogens is 2. The Bertz CT molecular complexity index is 1440. The van der Waals surface area contributed by atoms with Gasteiger partial charge in [0.2, 0.25) is 0 Å². The third kappa shape index (κ3) is 3.59. The topological polar surface area (TPSA) is 134 Å². The lowest BCUT2D eigenvalue weighted by Crippen LogP contribution is -2.39. The van der Waals surface area contributed by atoms with E-state index in [0.717, 1.165) is 22.3 Å². The molecular weight excluding hydrogens is 453 g/mol. The number of rotatable bonds is 3. The van der Waals surface area contributed by atoms with Crippen LogP contribution >= 0.6 is 0 Å². The van der Waals surface area contributed by atoms with Gasteiger partial charge in [-0.2, -0.15) is 5.10 Å². The summed E-state index contributed by atoms with van der Waals surface area (Å²) >= 11 is 0. The molecule has 0 radical (unpaired) electrons. The summed E-state index contributed by atoms with van der Waals surface area (Å²) in [6, 6.07) is 6.30. The number of aromatic amines is 2. The molecule has 0 aliphatic carbocycles. The number of nitrogens with one attached hydrogen (secondary N) is 2. The van der Waals surface area contributed by atoms with Crippen LogP contribution in [0.3, 0.4) is 0 Å². The van der Waals surface area contributed by atoms with Crippen LogP contribution in [0.4, 0.5) is 9.18 Å². The fourth-order valence-corrected chi connectivity index (χ4v) is 4.87. The zero-order chi connectivity index (χ0) is 24.3. The predicted molar refractivity (Wildman–Crippen MR) is 125 cm³/mol. The molecule has 1 unspecified atom stereocenters. The Hall–Kier alpha value is -3.99. The van der Waals surface area contributed by atoms with Gasteiger partial charge in [0.05, 0.1) is 41.7 Å². The molecule has 35 heavy (non-hydrogen) atoms. The van der Waals surface area contributed by atoms with E-state index in [4.69, 9.17) is 0 Å². The van der Waals surface area contributed by atoms with Crippen LogP contribution in [0.15, 0.2) is 24.3 Å². The number of nitrogens with zero attached hydrogens (tertiary/aromatic N) is 5. The number of amides is 2. The zero-order valence-electron chi connectivity index (χ0n) is 19.0. The van der Waals surface area contributed by atoms with Gasteiger partial charge in [-0.15, -0.1) is 0 Å². The molecule has 6 rings (SSSR count). The standard InChI is InChI=1S/C24H24FN7O3/c1-2-12-7-20(34)16(25)8-15(12)17-4-3-14-21(29-30-22(14)26-17)23-27-18-10-32(11-19(18)28-23)24(35)31-6-5-13(33)9-31/h3-4,7-8,13,33-34H,2,5-6,9-11H2,1H3,(H,27,28)(H,26,29,30). The van der Waals surface area contributed by atoms with Crippen LogP contribution in [-0.4, -0.2) is 70.4 Å². The van der Waals surface area contributed by atoms with Crippen LogP contribution < -0.4 is 0 Å². The van der Waals surface area contributed by atoms with Crippen molar-refractivity contribution in [3.63, 3.8) is 0 Å². The minimum atomic E-state index is -0.692. The molecule has 2 amide bonds. The molecule has 11 heteroatoms. The van der Waals surface area contributed by atoms with E-state index in [1.165, 1.54) is 12.1 Å². The molecule has 0 saturated carbocycles. The fourth-order valence-electron chi connectivity index (χ4n) is 4.87. The van der Waals surface area contributed by atoms with Gasteiger partial charge in [-0.3, -0.25) is 5.10 Å². The van der Waals surface area contributed by atoms with Gasteiger partial charge >= 0.3 is 6.03 Å². The molecule has 1 saturated heterocycles. The van der Waals surface area contributed by atoms with Crippen molar-refractivity contribution in [1.29, 1.82) is 0 Å². The summed E-state index contributed by atoms with van der Waals surface area (Å²) in [7, 11) is 0. The number of benzene rings is 1. The Morgan fingerprint density at radius 2 is 2.09 bits per heavy atom. The number of aromatic hydroxyl groups is 1. The van der Waals surface area contributed by atoms with E-state index in [2.05, 4.69) is 25.1 Å². The monoisotopic (exact) mass is 477 g/mol. The quantitative estimate of drug-likeness (QED) is 0.358. The van der Waals surface area contributed by atoms with Crippen molar-refractivity contribution in [2.24, 2.45) is 0 Å². The minimum Gasteiger partial charge on any atom is -0.505 e. The van der Waals surface area contributed by atoms with E-state index >= 15 is 0 Å². The van der Waals surface area contributed by atoms with E-state index < -0.39 is 11.9 Å². The maximum absolute atomic E-state index is 14.0. The number of likely N-dealkylation sites (tertiary alicyclic amines) is 1. The molecule has 0 spiro atoms. The first-order valence-electron chi connectivity index (χ1n) is 11.6. The second kappa shape index (κ2) is 8.05. The van der Waals surface area contributed by atoms with Gasteiger partial charge in [-0.05, 0) is 42.7 Å². The highest BCUT2D eigenvalue weighted by Crippen LogP contribution is 2.33. The maximum atomic E-state index is 14.0. The van der Waals surface area contributed by atoms with Crippen molar-refractivity contribution in [3.05, 3.63) is 47.0 Å². The zero-order valence-corrected chi connectivity index (χ0v) is 19.0. The number of urea groups is 1. The number of hydrogen-bond donors (Lipinski definition) is 4. The number of halogens is 1. The highest BCUT2D eigenvalue weighted by atomic mass is 19.1. The van der Waals surface area contributed by atoms with Crippen LogP contribution in [0.1, 0.15) is 30.3 Å².